The molecule has 4 heteroatoms. The van der Waals surface area contributed by atoms with E-state index < -0.39 is 0 Å². The van der Waals surface area contributed by atoms with Gasteiger partial charge in [-0.2, -0.15) is 0 Å². The van der Waals surface area contributed by atoms with Crippen molar-refractivity contribution >= 4 is 29.2 Å². The zero-order valence-electron chi connectivity index (χ0n) is 10.0. The average Bonchev–Trinajstić information content (AvgIpc) is 2.22. The molecule has 0 aliphatic carbocycles. The Kier molecular flexibility index (Phi) is 11.6. The quantitative estimate of drug-likeness (QED) is 0.332. The van der Waals surface area contributed by atoms with Crippen molar-refractivity contribution in [2.45, 2.75) is 63.7 Å². The minimum atomic E-state index is -0.189. The third kappa shape index (κ3) is 12.1. The number of esters is 1. The lowest BCUT2D eigenvalue weighted by Gasteiger charge is -2.03. The molecule has 0 radical (unpaired) electrons. The van der Waals surface area contributed by atoms with E-state index in [1.807, 2.05) is 6.92 Å². The molecule has 1 unspecified atom stereocenters. The molecule has 0 fully saturated rings. The molecule has 0 heterocycles. The van der Waals surface area contributed by atoms with E-state index >= 15 is 0 Å². The number of rotatable bonds is 10. The summed E-state index contributed by atoms with van der Waals surface area (Å²) in [7, 11) is 0. The van der Waals surface area contributed by atoms with Crippen LogP contribution in [0.3, 0.4) is 0 Å². The molecule has 16 heavy (non-hydrogen) atoms. The van der Waals surface area contributed by atoms with Crippen LogP contribution in [0.1, 0.15) is 58.3 Å². The van der Waals surface area contributed by atoms with E-state index in [-0.39, 0.29) is 12.0 Å². The Balaban J connectivity index is 3.07. The second kappa shape index (κ2) is 11.5. The van der Waals surface area contributed by atoms with Crippen molar-refractivity contribution < 1.29 is 9.53 Å². The number of hydrogen-bond acceptors (Lipinski definition) is 2. The van der Waals surface area contributed by atoms with Gasteiger partial charge in [-0.05, 0) is 19.8 Å². The van der Waals surface area contributed by atoms with Crippen molar-refractivity contribution in [3.05, 3.63) is 0 Å². The molecule has 0 aliphatic heterocycles. The van der Waals surface area contributed by atoms with Gasteiger partial charge in [0.2, 0.25) is 0 Å². The highest BCUT2D eigenvalue weighted by molar-refractivity contribution is 6.20. The van der Waals surface area contributed by atoms with Crippen LogP contribution in [0.4, 0.5) is 0 Å². The number of carbonyl (C=O) groups is 1. The normalized spacial score (nSPS) is 12.4. The Morgan fingerprint density at radius 3 is 2.25 bits per heavy atom. The summed E-state index contributed by atoms with van der Waals surface area (Å²) in [5, 5.41) is 0.297. The predicted molar refractivity (Wildman–Crippen MR) is 69.1 cm³/mol. The summed E-state index contributed by atoms with van der Waals surface area (Å²) in [5.74, 6) is -0.189. The van der Waals surface area contributed by atoms with Gasteiger partial charge in [0.05, 0.1) is 0 Å². The number of alkyl halides is 2. The number of halogens is 2. The fourth-order valence-corrected chi connectivity index (χ4v) is 1.81. The van der Waals surface area contributed by atoms with Crippen LogP contribution in [0.5, 0.6) is 0 Å². The molecule has 0 amide bonds. The first-order valence-electron chi connectivity index (χ1n) is 6.02. The summed E-state index contributed by atoms with van der Waals surface area (Å²) in [6, 6.07) is -0.0323. The topological polar surface area (TPSA) is 26.3 Å². The smallest absolute Gasteiger partial charge is 0.306 e. The van der Waals surface area contributed by atoms with Gasteiger partial charge >= 0.3 is 5.97 Å². The van der Waals surface area contributed by atoms with Gasteiger partial charge < -0.3 is 4.74 Å². The van der Waals surface area contributed by atoms with Crippen molar-refractivity contribution in [2.24, 2.45) is 0 Å². The van der Waals surface area contributed by atoms with Gasteiger partial charge in [-0.15, -0.1) is 11.6 Å². The Morgan fingerprint density at radius 2 is 1.69 bits per heavy atom. The van der Waals surface area contributed by atoms with Gasteiger partial charge in [0.25, 0.3) is 0 Å². The molecule has 0 aliphatic rings. The lowest BCUT2D eigenvalue weighted by molar-refractivity contribution is -0.141. The van der Waals surface area contributed by atoms with Crippen LogP contribution >= 0.6 is 23.2 Å². The highest BCUT2D eigenvalue weighted by atomic mass is 35.5. The molecule has 0 saturated carbocycles. The zero-order chi connectivity index (χ0) is 12.2. The van der Waals surface area contributed by atoms with Crippen molar-refractivity contribution in [1.82, 2.24) is 0 Å². The minimum Gasteiger partial charge on any atom is -0.449 e. The molecule has 0 aromatic rings. The number of ether oxygens (including phenoxy) is 1. The highest BCUT2D eigenvalue weighted by Gasteiger charge is 2.01. The summed E-state index contributed by atoms with van der Waals surface area (Å²) in [4.78, 5) is 10.9. The van der Waals surface area contributed by atoms with Crippen molar-refractivity contribution in [2.75, 3.05) is 6.07 Å². The molecule has 2 nitrogen and oxygen atoms in total. The first kappa shape index (κ1) is 16.1. The molecule has 0 N–H and O–H groups in total. The molecular weight excluding hydrogens is 247 g/mol. The summed E-state index contributed by atoms with van der Waals surface area (Å²) >= 11 is 11.1. The van der Waals surface area contributed by atoms with Crippen molar-refractivity contribution in [1.29, 1.82) is 0 Å². The van der Waals surface area contributed by atoms with E-state index in [0.29, 0.717) is 11.8 Å². The monoisotopic (exact) mass is 268 g/mol. The zero-order valence-corrected chi connectivity index (χ0v) is 11.5. The average molecular weight is 269 g/mol. The van der Waals surface area contributed by atoms with Gasteiger partial charge in [-0.3, -0.25) is 4.79 Å². The summed E-state index contributed by atoms with van der Waals surface area (Å²) in [6.45, 7) is 2.03. The van der Waals surface area contributed by atoms with Gasteiger partial charge in [-0.1, -0.05) is 43.7 Å². The summed E-state index contributed by atoms with van der Waals surface area (Å²) in [6.07, 6.45) is 8.45. The SMILES string of the molecule is CC(Cl)CCCCCCCCC(=O)OCCl. The molecule has 96 valence electrons. The van der Waals surface area contributed by atoms with Gasteiger partial charge in [0.15, 0.2) is 6.07 Å². The largest absolute Gasteiger partial charge is 0.449 e. The van der Waals surface area contributed by atoms with E-state index in [1.54, 1.807) is 0 Å². The summed E-state index contributed by atoms with van der Waals surface area (Å²) < 4.78 is 4.63. The third-order valence-electron chi connectivity index (χ3n) is 2.45. The van der Waals surface area contributed by atoms with Crippen LogP contribution in [0, 0.1) is 0 Å². The second-order valence-corrected chi connectivity index (χ2v) is 5.03. The van der Waals surface area contributed by atoms with Crippen LogP contribution in [0.2, 0.25) is 0 Å². The highest BCUT2D eigenvalue weighted by Crippen LogP contribution is 2.12. The molecule has 0 bridgehead atoms. The fraction of sp³-hybridized carbons (Fsp3) is 0.917. The Morgan fingerprint density at radius 1 is 1.12 bits per heavy atom. The molecule has 0 aromatic heterocycles. The van der Waals surface area contributed by atoms with Crippen LogP contribution < -0.4 is 0 Å². The molecular formula is C12H22Cl2O2. The van der Waals surface area contributed by atoms with Crippen molar-refractivity contribution in [3.63, 3.8) is 0 Å². The van der Waals surface area contributed by atoms with Gasteiger partial charge in [0.1, 0.15) is 0 Å². The third-order valence-corrected chi connectivity index (χ3v) is 2.78. The molecule has 0 aromatic carbocycles. The van der Waals surface area contributed by atoms with E-state index in [2.05, 4.69) is 4.74 Å². The molecule has 0 spiro atoms. The number of carbonyl (C=O) groups excluding carboxylic acids is 1. The second-order valence-electron chi connectivity index (χ2n) is 4.07. The lowest BCUT2D eigenvalue weighted by atomic mass is 10.1. The van der Waals surface area contributed by atoms with Gasteiger partial charge in [-0.25, -0.2) is 0 Å². The first-order chi connectivity index (χ1) is 7.66. The minimum absolute atomic E-state index is 0.0323. The van der Waals surface area contributed by atoms with E-state index in [9.17, 15) is 4.79 Å². The molecule has 1 atom stereocenters. The molecule has 0 saturated heterocycles. The Labute approximate surface area is 109 Å². The predicted octanol–water partition coefficient (Wildman–Crippen LogP) is 4.47. The standard InChI is InChI=1S/C12H22Cl2O2/c1-11(14)8-6-4-2-3-5-7-9-12(15)16-10-13/h11H,2-10H2,1H3. The Bertz CT molecular complexity index is 172. The number of unbranched alkanes of at least 4 members (excludes halogenated alkanes) is 5. The van der Waals surface area contributed by atoms with E-state index in [4.69, 9.17) is 23.2 Å². The van der Waals surface area contributed by atoms with Crippen LogP contribution in [-0.4, -0.2) is 17.4 Å². The molecule has 0 rings (SSSR count). The van der Waals surface area contributed by atoms with E-state index in [0.717, 1.165) is 19.3 Å². The van der Waals surface area contributed by atoms with Crippen LogP contribution in [0.15, 0.2) is 0 Å². The Hall–Kier alpha value is 0.0500. The summed E-state index contributed by atoms with van der Waals surface area (Å²) in [5.41, 5.74) is 0. The maximum atomic E-state index is 10.9. The first-order valence-corrected chi connectivity index (χ1v) is 6.99. The van der Waals surface area contributed by atoms with Crippen molar-refractivity contribution in [3.8, 4) is 0 Å². The maximum Gasteiger partial charge on any atom is 0.306 e. The van der Waals surface area contributed by atoms with E-state index in [1.165, 1.54) is 25.7 Å². The van der Waals surface area contributed by atoms with Crippen LogP contribution in [-0.2, 0) is 9.53 Å². The van der Waals surface area contributed by atoms with Gasteiger partial charge in [0, 0.05) is 11.8 Å². The van der Waals surface area contributed by atoms with Crippen LogP contribution in [0.25, 0.3) is 0 Å². The maximum absolute atomic E-state index is 10.9. The lowest BCUT2D eigenvalue weighted by Crippen LogP contribution is -2.02. The fourth-order valence-electron chi connectivity index (χ4n) is 1.54. The number of hydrogen-bond donors (Lipinski definition) is 0.